The number of aliphatic imine (C=N–C) groups is 1. The molecule has 1 fully saturated rings. The first-order chi connectivity index (χ1) is 9.40. The van der Waals surface area contributed by atoms with Crippen molar-refractivity contribution in [2.75, 3.05) is 20.1 Å². The summed E-state index contributed by atoms with van der Waals surface area (Å²) in [5.41, 5.74) is 0. The number of imide groups is 1. The van der Waals surface area contributed by atoms with Crippen molar-refractivity contribution in [3.8, 4) is 0 Å². The van der Waals surface area contributed by atoms with Crippen molar-refractivity contribution >= 4 is 24.2 Å². The van der Waals surface area contributed by atoms with Crippen molar-refractivity contribution < 1.29 is 14.4 Å². The van der Waals surface area contributed by atoms with Crippen molar-refractivity contribution in [2.45, 2.75) is 26.1 Å². The van der Waals surface area contributed by atoms with Crippen LogP contribution < -0.4 is 10.6 Å². The van der Waals surface area contributed by atoms with Crippen LogP contribution in [0.3, 0.4) is 0 Å². The Kier molecular flexibility index (Phi) is 3.91. The fourth-order valence-electron chi connectivity index (χ4n) is 2.14. The number of amides is 4. The van der Waals surface area contributed by atoms with Gasteiger partial charge in [-0.1, -0.05) is 13.8 Å². The standard InChI is InChI=1S/C12H19N5O3/c1-7(2)4-13-8(18)5-17-6-14-10-9(17)11(19)15-12(20)16(10)3/h6-7,9-10H,4-5H2,1-3H3,(H,13,18)(H,15,19,20). The monoisotopic (exact) mass is 281 g/mol. The number of nitrogens with one attached hydrogen (secondary N) is 2. The van der Waals surface area contributed by atoms with Crippen LogP contribution in [-0.4, -0.2) is 66.3 Å². The molecule has 2 atom stereocenters. The van der Waals surface area contributed by atoms with Gasteiger partial charge >= 0.3 is 6.03 Å². The summed E-state index contributed by atoms with van der Waals surface area (Å²) in [6.07, 6.45) is 0.896. The van der Waals surface area contributed by atoms with Gasteiger partial charge in [-0.15, -0.1) is 0 Å². The lowest BCUT2D eigenvalue weighted by Gasteiger charge is -2.35. The molecule has 0 radical (unpaired) electrons. The van der Waals surface area contributed by atoms with E-state index in [0.717, 1.165) is 0 Å². The lowest BCUT2D eigenvalue weighted by Crippen LogP contribution is -2.64. The molecule has 2 unspecified atom stereocenters. The third-order valence-corrected chi connectivity index (χ3v) is 3.26. The molecule has 2 rings (SSSR count). The molecule has 0 saturated carbocycles. The van der Waals surface area contributed by atoms with Crippen LogP contribution in [0.15, 0.2) is 4.99 Å². The summed E-state index contributed by atoms with van der Waals surface area (Å²) in [7, 11) is 1.57. The number of rotatable bonds is 4. The fraction of sp³-hybridized carbons (Fsp3) is 0.667. The first-order valence-corrected chi connectivity index (χ1v) is 6.53. The average molecular weight is 281 g/mol. The topological polar surface area (TPSA) is 94.1 Å². The van der Waals surface area contributed by atoms with Gasteiger partial charge in [-0.2, -0.15) is 0 Å². The largest absolute Gasteiger partial charge is 0.354 e. The molecule has 0 aliphatic carbocycles. The number of urea groups is 1. The summed E-state index contributed by atoms with van der Waals surface area (Å²) in [5, 5.41) is 5.03. The Labute approximate surface area is 117 Å². The van der Waals surface area contributed by atoms with Crippen LogP contribution in [0.25, 0.3) is 0 Å². The van der Waals surface area contributed by atoms with Gasteiger partial charge in [0, 0.05) is 13.6 Å². The minimum Gasteiger partial charge on any atom is -0.354 e. The summed E-state index contributed by atoms with van der Waals surface area (Å²) in [5.74, 6) is -0.230. The zero-order valence-electron chi connectivity index (χ0n) is 11.8. The number of hydrogen-bond donors (Lipinski definition) is 2. The maximum atomic E-state index is 11.9. The Morgan fingerprint density at radius 3 is 2.85 bits per heavy atom. The van der Waals surface area contributed by atoms with E-state index in [1.165, 1.54) is 11.2 Å². The van der Waals surface area contributed by atoms with E-state index in [9.17, 15) is 14.4 Å². The molecule has 2 heterocycles. The van der Waals surface area contributed by atoms with Crippen molar-refractivity contribution in [1.29, 1.82) is 0 Å². The van der Waals surface area contributed by atoms with Gasteiger partial charge in [0.05, 0.1) is 12.9 Å². The minimum absolute atomic E-state index is 0.0484. The van der Waals surface area contributed by atoms with Gasteiger partial charge < -0.3 is 15.1 Å². The van der Waals surface area contributed by atoms with Gasteiger partial charge in [-0.05, 0) is 5.92 Å². The van der Waals surface area contributed by atoms with E-state index in [1.807, 2.05) is 13.8 Å². The van der Waals surface area contributed by atoms with Crippen molar-refractivity contribution in [2.24, 2.45) is 10.9 Å². The van der Waals surface area contributed by atoms with Crippen molar-refractivity contribution in [3.05, 3.63) is 0 Å². The lowest BCUT2D eigenvalue weighted by molar-refractivity contribution is -0.128. The van der Waals surface area contributed by atoms with Crippen LogP contribution in [0, 0.1) is 5.92 Å². The van der Waals surface area contributed by atoms with Gasteiger partial charge in [0.1, 0.15) is 0 Å². The Morgan fingerprint density at radius 1 is 1.50 bits per heavy atom. The quantitative estimate of drug-likeness (QED) is 0.689. The van der Waals surface area contributed by atoms with Gasteiger partial charge in [0.15, 0.2) is 12.2 Å². The molecule has 4 amide bonds. The molecule has 0 aromatic rings. The summed E-state index contributed by atoms with van der Waals surface area (Å²) in [6, 6.07) is -1.11. The minimum atomic E-state index is -0.637. The molecule has 0 aromatic carbocycles. The molecule has 8 heteroatoms. The second-order valence-corrected chi connectivity index (χ2v) is 5.40. The molecule has 110 valence electrons. The number of likely N-dealkylation sites (N-methyl/N-ethyl adjacent to an activating group) is 1. The third-order valence-electron chi connectivity index (χ3n) is 3.26. The van der Waals surface area contributed by atoms with Crippen LogP contribution in [-0.2, 0) is 9.59 Å². The molecule has 8 nitrogen and oxygen atoms in total. The Bertz CT molecular complexity index is 462. The third kappa shape index (κ3) is 2.73. The van der Waals surface area contributed by atoms with Crippen LogP contribution in [0.1, 0.15) is 13.8 Å². The molecule has 0 spiro atoms. The lowest BCUT2D eigenvalue weighted by atomic mass is 10.1. The van der Waals surface area contributed by atoms with Gasteiger partial charge in [-0.3, -0.25) is 14.9 Å². The second-order valence-electron chi connectivity index (χ2n) is 5.40. The van der Waals surface area contributed by atoms with E-state index in [4.69, 9.17) is 0 Å². The highest BCUT2D eigenvalue weighted by atomic mass is 16.2. The molecular weight excluding hydrogens is 262 g/mol. The summed E-state index contributed by atoms with van der Waals surface area (Å²) >= 11 is 0. The molecule has 2 N–H and O–H groups in total. The smallest absolute Gasteiger partial charge is 0.325 e. The fourth-order valence-corrected chi connectivity index (χ4v) is 2.14. The Hall–Kier alpha value is -2.12. The van der Waals surface area contributed by atoms with E-state index in [0.29, 0.717) is 12.5 Å². The van der Waals surface area contributed by atoms with E-state index < -0.39 is 24.1 Å². The Morgan fingerprint density at radius 2 is 2.20 bits per heavy atom. The molecule has 2 aliphatic heterocycles. The highest BCUT2D eigenvalue weighted by molar-refractivity contribution is 6.02. The molecule has 0 aromatic heterocycles. The van der Waals surface area contributed by atoms with Gasteiger partial charge in [-0.25, -0.2) is 9.79 Å². The molecule has 20 heavy (non-hydrogen) atoms. The van der Waals surface area contributed by atoms with E-state index in [2.05, 4.69) is 15.6 Å². The molecule has 2 aliphatic rings. The predicted molar refractivity (Wildman–Crippen MR) is 71.9 cm³/mol. The zero-order valence-corrected chi connectivity index (χ0v) is 11.8. The summed E-state index contributed by atoms with van der Waals surface area (Å²) < 4.78 is 0. The van der Waals surface area contributed by atoms with E-state index in [1.54, 1.807) is 11.9 Å². The second kappa shape index (κ2) is 5.48. The Balaban J connectivity index is 1.98. The van der Waals surface area contributed by atoms with Gasteiger partial charge in [0.25, 0.3) is 5.91 Å². The molecule has 1 saturated heterocycles. The van der Waals surface area contributed by atoms with Crippen LogP contribution in [0.5, 0.6) is 0 Å². The number of hydrogen-bond acceptors (Lipinski definition) is 5. The molecular formula is C12H19N5O3. The average Bonchev–Trinajstić information content (AvgIpc) is 2.78. The highest BCUT2D eigenvalue weighted by Gasteiger charge is 2.45. The maximum Gasteiger partial charge on any atom is 0.325 e. The van der Waals surface area contributed by atoms with Crippen LogP contribution in [0.2, 0.25) is 0 Å². The van der Waals surface area contributed by atoms with Crippen molar-refractivity contribution in [1.82, 2.24) is 20.4 Å². The first-order valence-electron chi connectivity index (χ1n) is 6.53. The van der Waals surface area contributed by atoms with Crippen LogP contribution in [0.4, 0.5) is 4.79 Å². The number of fused-ring (bicyclic) bond motifs is 1. The predicted octanol–water partition coefficient (Wildman–Crippen LogP) is -1.02. The summed E-state index contributed by atoms with van der Waals surface area (Å²) in [4.78, 5) is 42.2. The van der Waals surface area contributed by atoms with E-state index >= 15 is 0 Å². The van der Waals surface area contributed by atoms with Crippen molar-refractivity contribution in [3.63, 3.8) is 0 Å². The number of carbonyl (C=O) groups excluding carboxylic acids is 3. The van der Waals surface area contributed by atoms with Gasteiger partial charge in [0.2, 0.25) is 5.91 Å². The molecule has 0 bridgehead atoms. The van der Waals surface area contributed by atoms with E-state index in [-0.39, 0.29) is 12.5 Å². The highest BCUT2D eigenvalue weighted by Crippen LogP contribution is 2.20. The SMILES string of the molecule is CC(C)CNC(=O)CN1C=NC2C1C(=O)NC(=O)N2C. The summed E-state index contributed by atoms with van der Waals surface area (Å²) in [6.45, 7) is 4.64. The zero-order chi connectivity index (χ0) is 14.9. The van der Waals surface area contributed by atoms with Crippen LogP contribution >= 0.6 is 0 Å². The first kappa shape index (κ1) is 14.3. The number of carbonyl (C=O) groups is 3. The normalized spacial score (nSPS) is 25.0. The maximum absolute atomic E-state index is 11.9. The number of nitrogens with zero attached hydrogens (tertiary/aromatic N) is 3.